The van der Waals surface area contributed by atoms with Gasteiger partial charge in [-0.2, -0.15) is 0 Å². The first kappa shape index (κ1) is 15.4. The molecule has 0 amide bonds. The summed E-state index contributed by atoms with van der Waals surface area (Å²) in [5.74, 6) is 1.53. The molecular formula is C18H18N2O2S. The molecule has 4 nitrogen and oxygen atoms in total. The molecule has 0 saturated heterocycles. The molecule has 0 saturated carbocycles. The molecule has 0 atom stereocenters. The van der Waals surface area contributed by atoms with Gasteiger partial charge in [0.2, 0.25) is 0 Å². The van der Waals surface area contributed by atoms with Gasteiger partial charge in [0.25, 0.3) is 0 Å². The Kier molecular flexibility index (Phi) is 4.48. The zero-order valence-electron chi connectivity index (χ0n) is 13.1. The second-order valence-electron chi connectivity index (χ2n) is 5.11. The molecule has 0 aliphatic carbocycles. The highest BCUT2D eigenvalue weighted by Gasteiger charge is 2.08. The zero-order valence-corrected chi connectivity index (χ0v) is 13.9. The minimum Gasteiger partial charge on any atom is -0.497 e. The minimum atomic E-state index is 0.648. The summed E-state index contributed by atoms with van der Waals surface area (Å²) in [5, 5.41) is 3.11. The van der Waals surface area contributed by atoms with Crippen LogP contribution in [0.2, 0.25) is 0 Å². The van der Waals surface area contributed by atoms with Crippen LogP contribution in [0, 0.1) is 0 Å². The van der Waals surface area contributed by atoms with Crippen LogP contribution in [0.15, 0.2) is 47.8 Å². The summed E-state index contributed by atoms with van der Waals surface area (Å²) < 4.78 is 10.4. The summed E-state index contributed by atoms with van der Waals surface area (Å²) in [6, 6.07) is 13.8. The number of nitrogen functional groups attached to an aromatic ring is 1. The van der Waals surface area contributed by atoms with E-state index in [-0.39, 0.29) is 0 Å². The highest BCUT2D eigenvalue weighted by Crippen LogP contribution is 2.28. The molecule has 23 heavy (non-hydrogen) atoms. The van der Waals surface area contributed by atoms with Gasteiger partial charge in [-0.1, -0.05) is 18.2 Å². The topological polar surface area (TPSA) is 57.4 Å². The van der Waals surface area contributed by atoms with Gasteiger partial charge < -0.3 is 15.2 Å². The molecule has 2 aromatic carbocycles. The molecule has 0 fully saturated rings. The number of nitrogens with two attached hydrogens (primary N) is 1. The van der Waals surface area contributed by atoms with E-state index >= 15 is 0 Å². The summed E-state index contributed by atoms with van der Waals surface area (Å²) in [6.07, 6.45) is 0.753. The van der Waals surface area contributed by atoms with E-state index in [1.807, 2.05) is 42.5 Å². The number of aromatic nitrogens is 1. The van der Waals surface area contributed by atoms with Crippen molar-refractivity contribution in [1.82, 2.24) is 4.98 Å². The zero-order chi connectivity index (χ0) is 16.2. The second-order valence-corrected chi connectivity index (χ2v) is 6.05. The van der Waals surface area contributed by atoms with Crippen LogP contribution in [0.4, 0.5) is 5.69 Å². The van der Waals surface area contributed by atoms with E-state index in [0.29, 0.717) is 11.4 Å². The molecule has 0 radical (unpaired) electrons. The Morgan fingerprint density at radius 1 is 1.09 bits per heavy atom. The predicted octanol–water partition coefficient (Wildman–Crippen LogP) is 4.00. The Labute approximate surface area is 139 Å². The van der Waals surface area contributed by atoms with Crippen molar-refractivity contribution in [2.45, 2.75) is 6.42 Å². The van der Waals surface area contributed by atoms with Crippen LogP contribution in [0.25, 0.3) is 11.3 Å². The maximum Gasteiger partial charge on any atom is 0.141 e. The molecule has 118 valence electrons. The van der Waals surface area contributed by atoms with Crippen LogP contribution < -0.4 is 15.2 Å². The molecule has 3 rings (SSSR count). The van der Waals surface area contributed by atoms with Crippen LogP contribution in [0.1, 0.15) is 10.6 Å². The maximum atomic E-state index is 5.96. The fourth-order valence-electron chi connectivity index (χ4n) is 2.38. The predicted molar refractivity (Wildman–Crippen MR) is 94.3 cm³/mol. The molecule has 0 spiro atoms. The number of ether oxygens (including phenoxy) is 2. The lowest BCUT2D eigenvalue weighted by atomic mass is 10.1. The highest BCUT2D eigenvalue weighted by molar-refractivity contribution is 7.10. The molecule has 0 aliphatic rings. The standard InChI is InChI=1S/C18H18N2O2S/c1-21-14-5-3-4-13(10-14)16-11-23-18(20-16)9-12-6-7-17(22-2)15(19)8-12/h3-8,10-11H,9,19H2,1-2H3. The lowest BCUT2D eigenvalue weighted by Gasteiger charge is -2.06. The van der Waals surface area contributed by atoms with Gasteiger partial charge in [0, 0.05) is 17.4 Å². The highest BCUT2D eigenvalue weighted by atomic mass is 32.1. The molecule has 0 aliphatic heterocycles. The molecule has 1 heterocycles. The van der Waals surface area contributed by atoms with Crippen LogP contribution >= 0.6 is 11.3 Å². The third-order valence-corrected chi connectivity index (χ3v) is 4.42. The second kappa shape index (κ2) is 6.71. The van der Waals surface area contributed by atoms with E-state index in [1.54, 1.807) is 25.6 Å². The third kappa shape index (κ3) is 3.46. The number of thiazole rings is 1. The summed E-state index contributed by atoms with van der Waals surface area (Å²) in [7, 11) is 3.28. The average Bonchev–Trinajstić information content (AvgIpc) is 3.03. The van der Waals surface area contributed by atoms with E-state index in [0.717, 1.165) is 34.0 Å². The van der Waals surface area contributed by atoms with E-state index < -0.39 is 0 Å². The number of rotatable bonds is 5. The van der Waals surface area contributed by atoms with Gasteiger partial charge in [0.1, 0.15) is 11.5 Å². The number of nitrogens with zero attached hydrogens (tertiary/aromatic N) is 1. The molecule has 0 unspecified atom stereocenters. The SMILES string of the molecule is COc1cccc(-c2csc(Cc3ccc(OC)c(N)c3)n2)c1. The van der Waals surface area contributed by atoms with Gasteiger partial charge in [0.05, 0.1) is 30.6 Å². The van der Waals surface area contributed by atoms with Gasteiger partial charge in [-0.05, 0) is 29.8 Å². The van der Waals surface area contributed by atoms with Crippen molar-refractivity contribution in [3.8, 4) is 22.8 Å². The monoisotopic (exact) mass is 326 g/mol. The van der Waals surface area contributed by atoms with Gasteiger partial charge in [-0.15, -0.1) is 11.3 Å². The first-order valence-corrected chi connectivity index (χ1v) is 8.09. The normalized spacial score (nSPS) is 10.5. The van der Waals surface area contributed by atoms with Gasteiger partial charge in [0.15, 0.2) is 0 Å². The fraction of sp³-hybridized carbons (Fsp3) is 0.167. The summed E-state index contributed by atoms with van der Waals surface area (Å²) >= 11 is 1.64. The average molecular weight is 326 g/mol. The lowest BCUT2D eigenvalue weighted by molar-refractivity contribution is 0.415. The van der Waals surface area contributed by atoms with Crippen LogP contribution in [0.5, 0.6) is 11.5 Å². The fourth-order valence-corrected chi connectivity index (χ4v) is 3.21. The summed E-state index contributed by atoms with van der Waals surface area (Å²) in [5.41, 5.74) is 9.75. The smallest absolute Gasteiger partial charge is 0.141 e. The van der Waals surface area contributed by atoms with Gasteiger partial charge in [-0.25, -0.2) is 4.98 Å². The number of hydrogen-bond donors (Lipinski definition) is 1. The molecule has 0 bridgehead atoms. The van der Waals surface area contributed by atoms with Gasteiger partial charge in [-0.3, -0.25) is 0 Å². The van der Waals surface area contributed by atoms with Crippen molar-refractivity contribution in [3.05, 3.63) is 58.4 Å². The van der Waals surface area contributed by atoms with E-state index in [9.17, 15) is 0 Å². The maximum absolute atomic E-state index is 5.96. The van der Waals surface area contributed by atoms with Crippen molar-refractivity contribution < 1.29 is 9.47 Å². The summed E-state index contributed by atoms with van der Waals surface area (Å²) in [4.78, 5) is 4.71. The number of anilines is 1. The van der Waals surface area contributed by atoms with Crippen molar-refractivity contribution in [2.75, 3.05) is 20.0 Å². The Morgan fingerprint density at radius 3 is 2.70 bits per heavy atom. The number of benzene rings is 2. The molecular weight excluding hydrogens is 308 g/mol. The quantitative estimate of drug-likeness (QED) is 0.720. The third-order valence-electron chi connectivity index (χ3n) is 3.57. The largest absolute Gasteiger partial charge is 0.497 e. The van der Waals surface area contributed by atoms with Crippen molar-refractivity contribution >= 4 is 17.0 Å². The van der Waals surface area contributed by atoms with Crippen molar-refractivity contribution in [1.29, 1.82) is 0 Å². The Morgan fingerprint density at radius 2 is 1.96 bits per heavy atom. The minimum absolute atomic E-state index is 0.648. The molecule has 5 heteroatoms. The van der Waals surface area contributed by atoms with E-state index in [2.05, 4.69) is 5.38 Å². The Bertz CT molecular complexity index is 814. The number of methoxy groups -OCH3 is 2. The molecule has 1 aromatic heterocycles. The van der Waals surface area contributed by atoms with Crippen LogP contribution in [-0.4, -0.2) is 19.2 Å². The van der Waals surface area contributed by atoms with E-state index in [1.165, 1.54) is 0 Å². The Balaban J connectivity index is 1.80. The van der Waals surface area contributed by atoms with Crippen molar-refractivity contribution in [2.24, 2.45) is 0 Å². The number of hydrogen-bond acceptors (Lipinski definition) is 5. The van der Waals surface area contributed by atoms with Crippen molar-refractivity contribution in [3.63, 3.8) is 0 Å². The lowest BCUT2D eigenvalue weighted by Crippen LogP contribution is -1.95. The first-order valence-electron chi connectivity index (χ1n) is 7.21. The molecule has 2 N–H and O–H groups in total. The summed E-state index contributed by atoms with van der Waals surface area (Å²) in [6.45, 7) is 0. The van der Waals surface area contributed by atoms with E-state index in [4.69, 9.17) is 20.2 Å². The van der Waals surface area contributed by atoms with Gasteiger partial charge >= 0.3 is 0 Å². The van der Waals surface area contributed by atoms with Crippen LogP contribution in [0.3, 0.4) is 0 Å². The first-order chi connectivity index (χ1) is 11.2. The molecule has 3 aromatic rings. The Hall–Kier alpha value is -2.53. The van der Waals surface area contributed by atoms with Crippen LogP contribution in [-0.2, 0) is 6.42 Å².